The van der Waals surface area contributed by atoms with Crippen molar-refractivity contribution in [2.24, 2.45) is 5.92 Å². The average Bonchev–Trinajstić information content (AvgIpc) is 3.13. The van der Waals surface area contributed by atoms with Crippen molar-refractivity contribution < 1.29 is 19.1 Å². The van der Waals surface area contributed by atoms with Gasteiger partial charge in [-0.2, -0.15) is 0 Å². The first-order valence-electron chi connectivity index (χ1n) is 9.66. The molecule has 2 rings (SSSR count). The molecule has 0 aliphatic heterocycles. The number of methoxy groups -OCH3 is 1. The van der Waals surface area contributed by atoms with Crippen LogP contribution in [0, 0.1) is 5.92 Å². The number of anilines is 1. The first kappa shape index (κ1) is 22.7. The maximum Gasteiger partial charge on any atom is 0.273 e. The summed E-state index contributed by atoms with van der Waals surface area (Å²) in [4.78, 5) is 30.1. The van der Waals surface area contributed by atoms with Gasteiger partial charge in [-0.3, -0.25) is 9.59 Å². The van der Waals surface area contributed by atoms with Gasteiger partial charge in [-0.15, -0.1) is 11.3 Å². The summed E-state index contributed by atoms with van der Waals surface area (Å²) in [5.41, 5.74) is 1.27. The summed E-state index contributed by atoms with van der Waals surface area (Å²) in [6.45, 7) is 9.24. The standard InChI is InChI=1S/C21H29N3O4S/c1-6-9-24(20(26)17-13-29-21(23-17)22-15(4)25)11-16-7-8-18(19(10-16)27-5)28-12-14(2)3/h7-8,10,13-14H,6,9,11-12H2,1-5H3,(H,22,23,25). The lowest BCUT2D eigenvalue weighted by molar-refractivity contribution is -0.114. The van der Waals surface area contributed by atoms with Gasteiger partial charge in [-0.1, -0.05) is 26.8 Å². The number of amides is 2. The van der Waals surface area contributed by atoms with Crippen LogP contribution in [-0.2, 0) is 11.3 Å². The Morgan fingerprint density at radius 1 is 1.28 bits per heavy atom. The summed E-state index contributed by atoms with van der Waals surface area (Å²) >= 11 is 1.24. The number of thiazole rings is 1. The molecule has 29 heavy (non-hydrogen) atoms. The second kappa shape index (κ2) is 10.8. The van der Waals surface area contributed by atoms with E-state index in [0.29, 0.717) is 47.9 Å². The molecule has 0 bridgehead atoms. The SMILES string of the molecule is CCCN(Cc1ccc(OCC(C)C)c(OC)c1)C(=O)c1csc(NC(C)=O)n1. The molecule has 0 spiro atoms. The topological polar surface area (TPSA) is 80.8 Å². The van der Waals surface area contributed by atoms with Crippen LogP contribution in [0.15, 0.2) is 23.6 Å². The fraction of sp³-hybridized carbons (Fsp3) is 0.476. The van der Waals surface area contributed by atoms with Crippen LogP contribution >= 0.6 is 11.3 Å². The zero-order valence-corrected chi connectivity index (χ0v) is 18.5. The molecule has 1 aromatic carbocycles. The Balaban J connectivity index is 2.15. The number of nitrogens with zero attached hydrogens (tertiary/aromatic N) is 2. The maximum absolute atomic E-state index is 12.9. The fourth-order valence-corrected chi connectivity index (χ4v) is 3.40. The number of aromatic nitrogens is 1. The second-order valence-electron chi connectivity index (χ2n) is 7.14. The molecule has 2 amide bonds. The lowest BCUT2D eigenvalue weighted by Gasteiger charge is -2.22. The molecule has 0 radical (unpaired) electrons. The highest BCUT2D eigenvalue weighted by atomic mass is 32.1. The molecule has 1 N–H and O–H groups in total. The Labute approximate surface area is 176 Å². The molecule has 158 valence electrons. The number of carbonyl (C=O) groups is 2. The van der Waals surface area contributed by atoms with E-state index in [1.165, 1.54) is 18.3 Å². The van der Waals surface area contributed by atoms with Crippen molar-refractivity contribution >= 4 is 28.3 Å². The number of carbonyl (C=O) groups excluding carboxylic acids is 2. The summed E-state index contributed by atoms with van der Waals surface area (Å²) in [7, 11) is 1.61. The third-order valence-corrected chi connectivity index (χ3v) is 4.72. The molecule has 0 aliphatic rings. The van der Waals surface area contributed by atoms with Gasteiger partial charge in [-0.25, -0.2) is 4.98 Å². The minimum atomic E-state index is -0.212. The summed E-state index contributed by atoms with van der Waals surface area (Å²) < 4.78 is 11.3. The Bertz CT molecular complexity index is 835. The number of nitrogens with one attached hydrogen (secondary N) is 1. The van der Waals surface area contributed by atoms with Gasteiger partial charge in [0.15, 0.2) is 16.6 Å². The van der Waals surface area contributed by atoms with Crippen molar-refractivity contribution in [2.75, 3.05) is 25.6 Å². The van der Waals surface area contributed by atoms with Gasteiger partial charge in [-0.05, 0) is 30.0 Å². The largest absolute Gasteiger partial charge is 0.493 e. The number of hydrogen-bond donors (Lipinski definition) is 1. The fourth-order valence-electron chi connectivity index (χ4n) is 2.67. The Hall–Kier alpha value is -2.61. The van der Waals surface area contributed by atoms with Crippen LogP contribution < -0.4 is 14.8 Å². The van der Waals surface area contributed by atoms with Gasteiger partial charge < -0.3 is 19.7 Å². The third-order valence-electron chi connectivity index (χ3n) is 3.96. The molecule has 1 heterocycles. The van der Waals surface area contributed by atoms with Crippen LogP contribution in [0.2, 0.25) is 0 Å². The molecule has 0 saturated heterocycles. The summed E-state index contributed by atoms with van der Waals surface area (Å²) in [6.07, 6.45) is 0.821. The lowest BCUT2D eigenvalue weighted by atomic mass is 10.1. The van der Waals surface area contributed by atoms with E-state index in [1.54, 1.807) is 17.4 Å². The number of hydrogen-bond acceptors (Lipinski definition) is 6. The van der Waals surface area contributed by atoms with Gasteiger partial charge in [0.05, 0.1) is 13.7 Å². The van der Waals surface area contributed by atoms with Crippen LogP contribution in [0.3, 0.4) is 0 Å². The van der Waals surface area contributed by atoms with Crippen LogP contribution in [0.25, 0.3) is 0 Å². The molecule has 0 fully saturated rings. The summed E-state index contributed by atoms with van der Waals surface area (Å²) in [5, 5.41) is 4.70. The maximum atomic E-state index is 12.9. The number of benzene rings is 1. The minimum Gasteiger partial charge on any atom is -0.493 e. The highest BCUT2D eigenvalue weighted by Gasteiger charge is 2.20. The molecule has 7 nitrogen and oxygen atoms in total. The van der Waals surface area contributed by atoms with E-state index in [-0.39, 0.29) is 11.8 Å². The summed E-state index contributed by atoms with van der Waals surface area (Å²) in [6, 6.07) is 5.72. The Morgan fingerprint density at radius 2 is 2.03 bits per heavy atom. The van der Waals surface area contributed by atoms with E-state index in [9.17, 15) is 9.59 Å². The van der Waals surface area contributed by atoms with Gasteiger partial charge in [0.2, 0.25) is 5.91 Å². The van der Waals surface area contributed by atoms with Gasteiger partial charge >= 0.3 is 0 Å². The van der Waals surface area contributed by atoms with Gasteiger partial charge in [0, 0.05) is 25.4 Å². The molecule has 0 saturated carbocycles. The highest BCUT2D eigenvalue weighted by Crippen LogP contribution is 2.29. The van der Waals surface area contributed by atoms with E-state index in [0.717, 1.165) is 12.0 Å². The van der Waals surface area contributed by atoms with Gasteiger partial charge in [0.1, 0.15) is 5.69 Å². The van der Waals surface area contributed by atoms with Crippen LogP contribution in [0.5, 0.6) is 11.5 Å². The second-order valence-corrected chi connectivity index (χ2v) is 7.99. The van der Waals surface area contributed by atoms with Crippen molar-refractivity contribution in [3.8, 4) is 11.5 Å². The quantitative estimate of drug-likeness (QED) is 0.624. The number of ether oxygens (including phenoxy) is 2. The highest BCUT2D eigenvalue weighted by molar-refractivity contribution is 7.14. The monoisotopic (exact) mass is 419 g/mol. The van der Waals surface area contributed by atoms with Gasteiger partial charge in [0.25, 0.3) is 5.91 Å². The van der Waals surface area contributed by atoms with Crippen molar-refractivity contribution in [3.63, 3.8) is 0 Å². The van der Waals surface area contributed by atoms with Crippen molar-refractivity contribution in [3.05, 3.63) is 34.8 Å². The predicted octanol–water partition coefficient (Wildman–Crippen LogP) is 4.20. The average molecular weight is 420 g/mol. The van der Waals surface area contributed by atoms with Crippen LogP contribution in [0.4, 0.5) is 5.13 Å². The normalized spacial score (nSPS) is 10.7. The zero-order chi connectivity index (χ0) is 21.4. The summed E-state index contributed by atoms with van der Waals surface area (Å²) in [5.74, 6) is 1.37. The molecule has 2 aromatic rings. The molecular weight excluding hydrogens is 390 g/mol. The smallest absolute Gasteiger partial charge is 0.273 e. The van der Waals surface area contributed by atoms with Crippen molar-refractivity contribution in [1.82, 2.24) is 9.88 Å². The molecular formula is C21H29N3O4S. The first-order chi connectivity index (χ1) is 13.8. The van der Waals surface area contributed by atoms with E-state index in [4.69, 9.17) is 9.47 Å². The Morgan fingerprint density at radius 3 is 2.66 bits per heavy atom. The molecule has 1 aromatic heterocycles. The Kier molecular flexibility index (Phi) is 8.45. The molecule has 0 aliphatic carbocycles. The minimum absolute atomic E-state index is 0.168. The van der Waals surface area contributed by atoms with E-state index in [1.807, 2.05) is 25.1 Å². The molecule has 8 heteroatoms. The molecule has 0 atom stereocenters. The number of rotatable bonds is 10. The van der Waals surface area contributed by atoms with Crippen LogP contribution in [0.1, 0.15) is 50.2 Å². The van der Waals surface area contributed by atoms with E-state index in [2.05, 4.69) is 24.1 Å². The first-order valence-corrected chi connectivity index (χ1v) is 10.5. The molecule has 0 unspecified atom stereocenters. The van der Waals surface area contributed by atoms with Crippen LogP contribution in [-0.4, -0.2) is 42.0 Å². The zero-order valence-electron chi connectivity index (χ0n) is 17.7. The van der Waals surface area contributed by atoms with Crippen molar-refractivity contribution in [2.45, 2.75) is 40.7 Å². The van der Waals surface area contributed by atoms with Crippen molar-refractivity contribution in [1.29, 1.82) is 0 Å². The third kappa shape index (κ3) is 6.74. The van der Waals surface area contributed by atoms with E-state index < -0.39 is 0 Å². The van der Waals surface area contributed by atoms with E-state index >= 15 is 0 Å². The predicted molar refractivity (Wildman–Crippen MR) is 115 cm³/mol. The lowest BCUT2D eigenvalue weighted by Crippen LogP contribution is -2.31.